The number of amides is 5. The maximum atomic E-state index is 13.4. The molecule has 5 heterocycles. The number of nitrogens with one attached hydrogen (secondary N) is 2. The number of fused-ring (bicyclic) bond motifs is 2. The van der Waals surface area contributed by atoms with Crippen molar-refractivity contribution in [1.82, 2.24) is 34.9 Å². The fourth-order valence-electron chi connectivity index (χ4n) is 8.40. The lowest BCUT2D eigenvalue weighted by molar-refractivity contribution is -0.136. The number of hydrogen-bond donors (Lipinski definition) is 3. The van der Waals surface area contributed by atoms with Gasteiger partial charge in [0.15, 0.2) is 5.65 Å². The molecule has 2 saturated heterocycles. The third-order valence-electron chi connectivity index (χ3n) is 11.6. The van der Waals surface area contributed by atoms with Crippen molar-refractivity contribution >= 4 is 52.1 Å². The molecule has 1 unspecified atom stereocenters. The monoisotopic (exact) mass is 811 g/mol. The van der Waals surface area contributed by atoms with Gasteiger partial charge < -0.3 is 20.7 Å². The van der Waals surface area contributed by atoms with Crippen molar-refractivity contribution in [3.8, 4) is 22.8 Å². The zero-order valence-corrected chi connectivity index (χ0v) is 33.5. The molecule has 2 aromatic heterocycles. The van der Waals surface area contributed by atoms with Crippen LogP contribution < -0.4 is 21.1 Å². The Balaban J connectivity index is 0.753. The normalized spacial score (nSPS) is 17.9. The van der Waals surface area contributed by atoms with Crippen LogP contribution in [0.2, 0.25) is 0 Å². The number of piperidine rings is 2. The van der Waals surface area contributed by atoms with E-state index >= 15 is 0 Å². The van der Waals surface area contributed by atoms with E-state index in [1.165, 1.54) is 6.33 Å². The number of nitrogens with two attached hydrogens (primary N) is 1. The van der Waals surface area contributed by atoms with Gasteiger partial charge in [0.1, 0.15) is 35.4 Å². The van der Waals surface area contributed by atoms with E-state index in [0.29, 0.717) is 41.3 Å². The van der Waals surface area contributed by atoms with Crippen LogP contribution in [-0.2, 0) is 14.4 Å². The SMILES string of the molecule is Nc1ncnc2c1c(-c1ccc(Oc3ccccc3)cc1)nn2[C@@H]1CCCN(C(=O)CCCCCCCCCNc2ccc3c(c2)C(=O)N(C2CCC(=O)NC2=O)C3=O)C1. The summed E-state index contributed by atoms with van der Waals surface area (Å²) in [7, 11) is 0. The van der Waals surface area contributed by atoms with Gasteiger partial charge in [-0.05, 0) is 86.7 Å². The summed E-state index contributed by atoms with van der Waals surface area (Å²) in [5.41, 5.74) is 9.91. The van der Waals surface area contributed by atoms with Gasteiger partial charge in [0.2, 0.25) is 17.7 Å². The Labute approximate surface area is 347 Å². The first kappa shape index (κ1) is 40.2. The number of para-hydroxylation sites is 1. The summed E-state index contributed by atoms with van der Waals surface area (Å²) in [6.45, 7) is 2.02. The van der Waals surface area contributed by atoms with Crippen molar-refractivity contribution in [1.29, 1.82) is 0 Å². The number of unbranched alkanes of at least 4 members (excludes halogenated alkanes) is 6. The molecule has 0 radical (unpaired) electrons. The summed E-state index contributed by atoms with van der Waals surface area (Å²) in [5.74, 6) is -0.0342. The van der Waals surface area contributed by atoms with Crippen LogP contribution in [0.15, 0.2) is 79.1 Å². The average molecular weight is 812 g/mol. The third-order valence-corrected chi connectivity index (χ3v) is 11.6. The largest absolute Gasteiger partial charge is 0.457 e. The van der Waals surface area contributed by atoms with Crippen LogP contribution in [0.3, 0.4) is 0 Å². The zero-order chi connectivity index (χ0) is 41.6. The van der Waals surface area contributed by atoms with Crippen LogP contribution in [0.4, 0.5) is 11.5 Å². The van der Waals surface area contributed by atoms with E-state index in [1.807, 2.05) is 64.2 Å². The zero-order valence-electron chi connectivity index (χ0n) is 33.5. The number of benzene rings is 3. The van der Waals surface area contributed by atoms with E-state index in [9.17, 15) is 24.0 Å². The second kappa shape index (κ2) is 18.1. The first-order valence-electron chi connectivity index (χ1n) is 20.9. The van der Waals surface area contributed by atoms with Gasteiger partial charge in [0.25, 0.3) is 11.8 Å². The maximum absolute atomic E-state index is 13.4. The Hall–Kier alpha value is -6.64. The highest BCUT2D eigenvalue weighted by atomic mass is 16.5. The Bertz CT molecular complexity index is 2400. The first-order chi connectivity index (χ1) is 29.2. The number of carbonyl (C=O) groups is 5. The predicted molar refractivity (Wildman–Crippen MR) is 225 cm³/mol. The number of carbonyl (C=O) groups excluding carboxylic acids is 5. The van der Waals surface area contributed by atoms with Gasteiger partial charge in [0.05, 0.1) is 22.6 Å². The van der Waals surface area contributed by atoms with Crippen molar-refractivity contribution in [3.05, 3.63) is 90.3 Å². The van der Waals surface area contributed by atoms with Gasteiger partial charge in [-0.3, -0.25) is 34.2 Å². The molecule has 15 nitrogen and oxygen atoms in total. The minimum absolute atomic E-state index is 0.0341. The highest BCUT2D eigenvalue weighted by molar-refractivity contribution is 6.23. The fourth-order valence-corrected chi connectivity index (χ4v) is 8.40. The number of nitrogens with zero attached hydrogens (tertiary/aromatic N) is 6. The minimum Gasteiger partial charge on any atom is -0.457 e. The van der Waals surface area contributed by atoms with E-state index < -0.39 is 29.7 Å². The molecule has 310 valence electrons. The second-order valence-corrected chi connectivity index (χ2v) is 15.7. The predicted octanol–water partition coefficient (Wildman–Crippen LogP) is 6.67. The number of anilines is 2. The molecule has 0 saturated carbocycles. The number of nitrogen functional groups attached to an aromatic ring is 1. The Morgan fingerprint density at radius 2 is 1.57 bits per heavy atom. The van der Waals surface area contributed by atoms with Crippen LogP contribution in [0.1, 0.15) is 104 Å². The second-order valence-electron chi connectivity index (χ2n) is 15.7. The summed E-state index contributed by atoms with van der Waals surface area (Å²) < 4.78 is 7.91. The fraction of sp³-hybridized carbons (Fsp3) is 0.378. The topological polar surface area (TPSA) is 195 Å². The number of hydrogen-bond acceptors (Lipinski definition) is 11. The molecular formula is C45H49N9O6. The lowest BCUT2D eigenvalue weighted by Crippen LogP contribution is -2.54. The molecule has 4 N–H and O–H groups in total. The lowest BCUT2D eigenvalue weighted by atomic mass is 10.0. The Kier molecular flexibility index (Phi) is 12.1. The minimum atomic E-state index is -0.978. The number of ether oxygens (including phenoxy) is 1. The molecule has 60 heavy (non-hydrogen) atoms. The van der Waals surface area contributed by atoms with Crippen molar-refractivity contribution in [2.45, 2.75) is 89.1 Å². The van der Waals surface area contributed by atoms with Gasteiger partial charge in [-0.25, -0.2) is 14.6 Å². The average Bonchev–Trinajstić information content (AvgIpc) is 3.77. The van der Waals surface area contributed by atoms with E-state index in [1.54, 1.807) is 18.2 Å². The third kappa shape index (κ3) is 8.70. The van der Waals surface area contributed by atoms with E-state index in [2.05, 4.69) is 20.6 Å². The van der Waals surface area contributed by atoms with E-state index in [-0.39, 0.29) is 35.9 Å². The molecule has 8 rings (SSSR count). The Morgan fingerprint density at radius 1 is 0.833 bits per heavy atom. The smallest absolute Gasteiger partial charge is 0.262 e. The van der Waals surface area contributed by atoms with Crippen LogP contribution in [0.25, 0.3) is 22.3 Å². The van der Waals surface area contributed by atoms with E-state index in [0.717, 1.165) is 92.8 Å². The molecule has 5 amide bonds. The van der Waals surface area contributed by atoms with Crippen molar-refractivity contribution in [2.24, 2.45) is 0 Å². The highest BCUT2D eigenvalue weighted by Gasteiger charge is 2.44. The van der Waals surface area contributed by atoms with Crippen LogP contribution in [0, 0.1) is 0 Å². The molecule has 0 aliphatic carbocycles. The summed E-state index contributed by atoms with van der Waals surface area (Å²) in [5, 5.41) is 11.3. The molecule has 0 spiro atoms. The molecule has 5 aromatic rings. The molecule has 2 atom stereocenters. The van der Waals surface area contributed by atoms with Crippen LogP contribution in [0.5, 0.6) is 11.5 Å². The summed E-state index contributed by atoms with van der Waals surface area (Å²) >= 11 is 0. The number of rotatable bonds is 16. The number of imide groups is 2. The number of aromatic nitrogens is 4. The van der Waals surface area contributed by atoms with Gasteiger partial charge >= 0.3 is 0 Å². The molecule has 3 aliphatic heterocycles. The van der Waals surface area contributed by atoms with Crippen molar-refractivity contribution < 1.29 is 28.7 Å². The molecule has 3 aliphatic rings. The molecule has 2 fully saturated rings. The van der Waals surface area contributed by atoms with Gasteiger partial charge in [0, 0.05) is 43.7 Å². The summed E-state index contributed by atoms with van der Waals surface area (Å²) in [4.78, 5) is 75.1. The molecule has 15 heteroatoms. The lowest BCUT2D eigenvalue weighted by Gasteiger charge is -2.33. The molecule has 0 bridgehead atoms. The number of likely N-dealkylation sites (tertiary alicyclic amines) is 1. The van der Waals surface area contributed by atoms with Crippen molar-refractivity contribution in [2.75, 3.05) is 30.7 Å². The first-order valence-corrected chi connectivity index (χ1v) is 20.9. The summed E-state index contributed by atoms with van der Waals surface area (Å²) in [6.07, 6.45) is 11.0. The van der Waals surface area contributed by atoms with Crippen LogP contribution >= 0.6 is 0 Å². The van der Waals surface area contributed by atoms with Gasteiger partial charge in [-0.1, -0.05) is 50.3 Å². The van der Waals surface area contributed by atoms with Gasteiger partial charge in [-0.15, -0.1) is 0 Å². The molecular weight excluding hydrogens is 763 g/mol. The quantitative estimate of drug-likeness (QED) is 0.0712. The van der Waals surface area contributed by atoms with Crippen LogP contribution in [-0.4, -0.2) is 84.8 Å². The van der Waals surface area contributed by atoms with E-state index in [4.69, 9.17) is 15.6 Å². The highest BCUT2D eigenvalue weighted by Crippen LogP contribution is 2.35. The summed E-state index contributed by atoms with van der Waals surface area (Å²) in [6, 6.07) is 21.4. The van der Waals surface area contributed by atoms with Gasteiger partial charge in [-0.2, -0.15) is 5.10 Å². The Morgan fingerprint density at radius 3 is 2.35 bits per heavy atom. The maximum Gasteiger partial charge on any atom is 0.262 e. The van der Waals surface area contributed by atoms with Crippen molar-refractivity contribution in [3.63, 3.8) is 0 Å². The molecule has 3 aromatic carbocycles. The standard InChI is InChI=1S/C45H49N9O6/c46-41-39-40(29-16-19-33(20-17-29)60-32-13-7-6-8-14-32)51-54(42(39)49-28-48-41)31-12-11-25-52(27-31)38(56)15-9-4-2-1-3-5-10-24-47-30-18-21-34-35(26-30)45(59)53(44(34)58)36-22-23-37(55)50-43(36)57/h6-8,13-14,16-21,26,28,31,36,47H,1-5,9-12,15,22-25,27H2,(H2,46,48,49)(H,50,55,57)/t31-,36?/m1/s1.